The summed E-state index contributed by atoms with van der Waals surface area (Å²) in [7, 11) is 3.07. The first-order valence-corrected chi connectivity index (χ1v) is 12.0. The molecule has 3 aromatic rings. The van der Waals surface area contributed by atoms with Crippen LogP contribution in [0.4, 0.5) is 0 Å². The van der Waals surface area contributed by atoms with E-state index in [0.29, 0.717) is 16.4 Å². The lowest BCUT2D eigenvalue weighted by Crippen LogP contribution is -1.96. The summed E-state index contributed by atoms with van der Waals surface area (Å²) in [5, 5.41) is 0. The molecule has 0 fully saturated rings. The average molecular weight is 425 g/mol. The van der Waals surface area contributed by atoms with Gasteiger partial charge in [-0.25, -0.2) is 8.42 Å². The topological polar surface area (TPSA) is 52.6 Å². The van der Waals surface area contributed by atoms with E-state index in [9.17, 15) is 8.42 Å². The second-order valence-corrected chi connectivity index (χ2v) is 10.4. The fraction of sp³-hybridized carbons (Fsp3) is 0.167. The molecule has 1 aromatic heterocycles. The van der Waals surface area contributed by atoms with Crippen LogP contribution in [0.2, 0.25) is 0 Å². The summed E-state index contributed by atoms with van der Waals surface area (Å²) in [6, 6.07) is 12.6. The fourth-order valence-corrected chi connectivity index (χ4v) is 6.09. The van der Waals surface area contributed by atoms with Gasteiger partial charge in [0, 0.05) is 11.8 Å². The monoisotopic (exact) mass is 424 g/mol. The van der Waals surface area contributed by atoms with Crippen molar-refractivity contribution in [2.45, 2.75) is 4.90 Å². The molecule has 3 rings (SSSR count). The number of benzene rings is 2. The minimum Gasteiger partial charge on any atom is -0.493 e. The molecule has 0 radical (unpaired) electrons. The minimum atomic E-state index is -3.22. The molecule has 0 aliphatic heterocycles. The second-order valence-electron chi connectivity index (χ2n) is 5.52. The van der Waals surface area contributed by atoms with E-state index in [1.807, 2.05) is 30.3 Å². The Morgan fingerprint density at radius 3 is 2.08 bits per heavy atom. The quantitative estimate of drug-likeness (QED) is 0.411. The molecule has 0 saturated carbocycles. The van der Waals surface area contributed by atoms with E-state index in [1.165, 1.54) is 16.6 Å². The Bertz CT molecular complexity index is 1090. The summed E-state index contributed by atoms with van der Waals surface area (Å²) < 4.78 is 34.8. The molecule has 0 unspecified atom stereocenters. The molecule has 0 aliphatic carbocycles. The van der Waals surface area contributed by atoms with Gasteiger partial charge in [0.1, 0.15) is 3.82 Å². The van der Waals surface area contributed by atoms with Crippen LogP contribution in [-0.2, 0) is 9.84 Å². The van der Waals surface area contributed by atoms with E-state index in [0.717, 1.165) is 25.4 Å². The number of rotatable bonds is 5. The average Bonchev–Trinajstić information content (AvgIpc) is 3.02. The Morgan fingerprint density at radius 2 is 1.50 bits per heavy atom. The van der Waals surface area contributed by atoms with Crippen molar-refractivity contribution < 1.29 is 17.9 Å². The molecular weight excluding hydrogens is 408 g/mol. The van der Waals surface area contributed by atoms with Crippen molar-refractivity contribution in [3.63, 3.8) is 0 Å². The van der Waals surface area contributed by atoms with Crippen LogP contribution in [-0.4, -0.2) is 28.9 Å². The first-order chi connectivity index (χ1) is 12.3. The van der Waals surface area contributed by atoms with E-state index < -0.39 is 9.84 Å². The van der Waals surface area contributed by atoms with Crippen molar-refractivity contribution in [1.82, 2.24) is 0 Å². The lowest BCUT2D eigenvalue weighted by Gasteiger charge is -2.10. The molecule has 0 bridgehead atoms. The van der Waals surface area contributed by atoms with Gasteiger partial charge in [-0.1, -0.05) is 51.1 Å². The van der Waals surface area contributed by atoms with Crippen molar-refractivity contribution >= 4 is 42.7 Å². The van der Waals surface area contributed by atoms with Gasteiger partial charge in [0.25, 0.3) is 0 Å². The Kier molecular flexibility index (Phi) is 5.47. The van der Waals surface area contributed by atoms with Crippen LogP contribution < -0.4 is 9.47 Å². The van der Waals surface area contributed by atoms with E-state index in [-0.39, 0.29) is 0 Å². The fourth-order valence-electron chi connectivity index (χ4n) is 2.54. The maximum Gasteiger partial charge on any atom is 0.175 e. The summed E-state index contributed by atoms with van der Waals surface area (Å²) in [5.41, 5.74) is 2.81. The van der Waals surface area contributed by atoms with Crippen molar-refractivity contribution in [3.05, 3.63) is 46.3 Å². The molecule has 26 heavy (non-hydrogen) atoms. The van der Waals surface area contributed by atoms with Crippen LogP contribution in [0.1, 0.15) is 0 Å². The van der Waals surface area contributed by atoms with Crippen molar-refractivity contribution in [3.8, 4) is 33.1 Å². The number of hydrogen-bond donors (Lipinski definition) is 0. The van der Waals surface area contributed by atoms with Crippen molar-refractivity contribution in [2.24, 2.45) is 0 Å². The SMILES string of the molecule is COc1ccc(-c2c(-c3ccc(S(C)(=O)=O)cc3)ssc2=S)cc1OC. The Labute approximate surface area is 165 Å². The highest BCUT2D eigenvalue weighted by Crippen LogP contribution is 2.43. The number of hydrogen-bond acceptors (Lipinski definition) is 7. The molecule has 8 heteroatoms. The smallest absolute Gasteiger partial charge is 0.175 e. The highest BCUT2D eigenvalue weighted by atomic mass is 32.9. The zero-order valence-corrected chi connectivity index (χ0v) is 17.6. The number of sulfone groups is 1. The number of ether oxygens (including phenoxy) is 2. The maximum atomic E-state index is 11.7. The van der Waals surface area contributed by atoms with E-state index in [1.54, 1.807) is 36.7 Å². The standard InChI is InChI=1S/C18H16O4S4/c1-21-14-9-6-12(10-15(14)22-2)16-17(24-25-18(16)23)11-4-7-13(8-5-11)26(3,19)20/h4-10H,1-3H3. The third-order valence-electron chi connectivity index (χ3n) is 3.85. The highest BCUT2D eigenvalue weighted by Gasteiger charge is 2.16. The summed E-state index contributed by atoms with van der Waals surface area (Å²) in [6.45, 7) is 0. The van der Waals surface area contributed by atoms with Crippen LogP contribution >= 0.6 is 32.9 Å². The van der Waals surface area contributed by atoms with Crippen molar-refractivity contribution in [2.75, 3.05) is 20.5 Å². The van der Waals surface area contributed by atoms with Crippen LogP contribution in [0.5, 0.6) is 11.5 Å². The molecule has 0 amide bonds. The van der Waals surface area contributed by atoms with Crippen molar-refractivity contribution in [1.29, 1.82) is 0 Å². The van der Waals surface area contributed by atoms with E-state index in [4.69, 9.17) is 21.7 Å². The highest BCUT2D eigenvalue weighted by molar-refractivity contribution is 7.90. The normalized spacial score (nSPS) is 11.3. The Balaban J connectivity index is 2.12. The molecule has 0 spiro atoms. The molecule has 4 nitrogen and oxygen atoms in total. The molecule has 0 aliphatic rings. The molecule has 0 N–H and O–H groups in total. The van der Waals surface area contributed by atoms with Gasteiger partial charge < -0.3 is 9.47 Å². The Morgan fingerprint density at radius 1 is 0.885 bits per heavy atom. The third-order valence-corrected chi connectivity index (χ3v) is 8.04. The largest absolute Gasteiger partial charge is 0.493 e. The molecular formula is C18H16O4S4. The van der Waals surface area contributed by atoms with Gasteiger partial charge in [0.05, 0.1) is 24.0 Å². The third kappa shape index (κ3) is 3.68. The van der Waals surface area contributed by atoms with Crippen LogP contribution in [0.25, 0.3) is 21.6 Å². The summed E-state index contributed by atoms with van der Waals surface area (Å²) >= 11 is 5.54. The predicted molar refractivity (Wildman–Crippen MR) is 110 cm³/mol. The first kappa shape index (κ1) is 19.0. The van der Waals surface area contributed by atoms with Crippen LogP contribution in [0.3, 0.4) is 0 Å². The van der Waals surface area contributed by atoms with Gasteiger partial charge in [-0.05, 0) is 35.4 Å². The lowest BCUT2D eigenvalue weighted by molar-refractivity contribution is 0.355. The molecule has 2 aromatic carbocycles. The minimum absolute atomic E-state index is 0.299. The zero-order valence-electron chi connectivity index (χ0n) is 14.3. The van der Waals surface area contributed by atoms with Gasteiger partial charge >= 0.3 is 0 Å². The first-order valence-electron chi connectivity index (χ1n) is 7.51. The van der Waals surface area contributed by atoms with Gasteiger partial charge in [0.2, 0.25) is 0 Å². The molecule has 0 atom stereocenters. The molecule has 0 saturated heterocycles. The summed E-state index contributed by atoms with van der Waals surface area (Å²) in [6.07, 6.45) is 1.20. The van der Waals surface area contributed by atoms with Gasteiger partial charge in [-0.3, -0.25) is 0 Å². The molecule has 1 heterocycles. The van der Waals surface area contributed by atoms with Gasteiger partial charge in [-0.2, -0.15) is 0 Å². The summed E-state index contributed by atoms with van der Waals surface area (Å²) in [4.78, 5) is 1.31. The summed E-state index contributed by atoms with van der Waals surface area (Å²) in [5.74, 6) is 1.29. The predicted octanol–water partition coefficient (Wildman–Crippen LogP) is 5.29. The van der Waals surface area contributed by atoms with E-state index in [2.05, 4.69) is 0 Å². The van der Waals surface area contributed by atoms with Crippen LogP contribution in [0.15, 0.2) is 47.4 Å². The van der Waals surface area contributed by atoms with E-state index >= 15 is 0 Å². The maximum absolute atomic E-state index is 11.7. The van der Waals surface area contributed by atoms with Gasteiger partial charge in [-0.15, -0.1) is 0 Å². The zero-order chi connectivity index (χ0) is 18.9. The van der Waals surface area contributed by atoms with Gasteiger partial charge in [0.15, 0.2) is 21.3 Å². The van der Waals surface area contributed by atoms with Crippen LogP contribution in [0, 0.1) is 3.82 Å². The second kappa shape index (κ2) is 7.48. The molecule has 136 valence electrons. The number of methoxy groups -OCH3 is 2. The lowest BCUT2D eigenvalue weighted by atomic mass is 10.0. The Hall–Kier alpha value is -1.74.